The molecule has 2 N–H and O–H groups in total. The van der Waals surface area contributed by atoms with Crippen LogP contribution in [0.5, 0.6) is 17.2 Å². The molecule has 0 unspecified atom stereocenters. The fraction of sp³-hybridized carbons (Fsp3) is 0.167. The van der Waals surface area contributed by atoms with Gasteiger partial charge in [0.05, 0.1) is 36.4 Å². The topological polar surface area (TPSA) is 73.3 Å². The number of methoxy groups -OCH3 is 2. The van der Waals surface area contributed by atoms with E-state index in [4.69, 9.17) is 49.6 Å². The lowest BCUT2D eigenvalue weighted by molar-refractivity contribution is 0.281. The van der Waals surface area contributed by atoms with E-state index in [2.05, 4.69) is 15.6 Å². The van der Waals surface area contributed by atoms with Crippen LogP contribution in [0.4, 0.5) is 0 Å². The van der Waals surface area contributed by atoms with E-state index in [1.807, 2.05) is 48.5 Å². The molecule has 4 aromatic rings. The number of hydrogen-bond acceptors (Lipinski definition) is 6. The van der Waals surface area contributed by atoms with Crippen LogP contribution >= 0.6 is 35.4 Å². The minimum atomic E-state index is 0.294. The molecule has 0 saturated heterocycles. The second-order valence-electron chi connectivity index (χ2n) is 7.21. The van der Waals surface area contributed by atoms with E-state index in [-0.39, 0.29) is 0 Å². The first-order valence-electron chi connectivity index (χ1n) is 10.3. The van der Waals surface area contributed by atoms with Crippen LogP contribution in [0.25, 0.3) is 11.4 Å². The van der Waals surface area contributed by atoms with Crippen molar-refractivity contribution >= 4 is 35.4 Å². The Kier molecular flexibility index (Phi) is 7.62. The standard InChI is InChI=1S/C24H22Cl2N4O3S/c1-31-20-8-4-3-7-17(20)23-28-29-24(34)30(23)27-13-16-6-5-9-21(32-2)22(16)33-14-15-10-11-18(25)19(26)12-15/h3-12,27H,13-14H2,1-2H3,(H,29,34). The molecule has 0 spiro atoms. The maximum atomic E-state index is 6.15. The smallest absolute Gasteiger partial charge is 0.214 e. The number of halogens is 2. The fourth-order valence-electron chi connectivity index (χ4n) is 3.43. The second kappa shape index (κ2) is 10.8. The highest BCUT2D eigenvalue weighted by Crippen LogP contribution is 2.33. The molecule has 0 radical (unpaired) electrons. The zero-order valence-electron chi connectivity index (χ0n) is 18.5. The van der Waals surface area contributed by atoms with E-state index in [9.17, 15) is 0 Å². The van der Waals surface area contributed by atoms with Crippen LogP contribution in [-0.2, 0) is 13.2 Å². The Labute approximate surface area is 212 Å². The number of aromatic amines is 1. The van der Waals surface area contributed by atoms with Gasteiger partial charge in [0.1, 0.15) is 12.4 Å². The molecule has 0 fully saturated rings. The van der Waals surface area contributed by atoms with Crippen molar-refractivity contribution in [2.75, 3.05) is 19.6 Å². The average molecular weight is 517 g/mol. The quantitative estimate of drug-likeness (QED) is 0.256. The predicted molar refractivity (Wildman–Crippen MR) is 136 cm³/mol. The molecule has 10 heteroatoms. The second-order valence-corrected chi connectivity index (χ2v) is 8.41. The maximum absolute atomic E-state index is 6.15. The van der Waals surface area contributed by atoms with Crippen molar-refractivity contribution in [3.63, 3.8) is 0 Å². The van der Waals surface area contributed by atoms with Crippen LogP contribution in [0.1, 0.15) is 11.1 Å². The zero-order chi connectivity index (χ0) is 24.1. The molecule has 1 aromatic heterocycles. The van der Waals surface area contributed by atoms with E-state index in [1.165, 1.54) is 0 Å². The van der Waals surface area contributed by atoms with Gasteiger partial charge in [-0.15, -0.1) is 0 Å². The monoisotopic (exact) mass is 516 g/mol. The number of rotatable bonds is 9. The summed E-state index contributed by atoms with van der Waals surface area (Å²) in [6.45, 7) is 0.686. The third kappa shape index (κ3) is 5.14. The third-order valence-electron chi connectivity index (χ3n) is 5.10. The summed E-state index contributed by atoms with van der Waals surface area (Å²) >= 11 is 17.6. The largest absolute Gasteiger partial charge is 0.496 e. The molecule has 3 aromatic carbocycles. The van der Waals surface area contributed by atoms with Gasteiger partial charge in [-0.1, -0.05) is 53.5 Å². The number of nitrogens with zero attached hydrogens (tertiary/aromatic N) is 2. The van der Waals surface area contributed by atoms with Crippen molar-refractivity contribution in [2.45, 2.75) is 13.2 Å². The average Bonchev–Trinajstić information content (AvgIpc) is 3.23. The molecule has 4 rings (SSSR count). The first kappa shape index (κ1) is 23.9. The number of benzene rings is 3. The Bertz CT molecular complexity index is 1360. The van der Waals surface area contributed by atoms with Gasteiger partial charge < -0.3 is 19.6 Å². The Morgan fingerprint density at radius 1 is 0.971 bits per heavy atom. The highest BCUT2D eigenvalue weighted by Gasteiger charge is 2.16. The molecule has 1 heterocycles. The SMILES string of the molecule is COc1ccccc1-c1n[nH]c(=S)n1NCc1cccc(OC)c1OCc1ccc(Cl)c(Cl)c1. The van der Waals surface area contributed by atoms with Crippen molar-refractivity contribution < 1.29 is 14.2 Å². The molecule has 0 aliphatic heterocycles. The lowest BCUT2D eigenvalue weighted by Crippen LogP contribution is -2.17. The van der Waals surface area contributed by atoms with Gasteiger partial charge in [0.2, 0.25) is 4.77 Å². The molecule has 0 saturated carbocycles. The van der Waals surface area contributed by atoms with E-state index in [1.54, 1.807) is 31.0 Å². The van der Waals surface area contributed by atoms with Crippen molar-refractivity contribution in [1.82, 2.24) is 14.9 Å². The Hall–Kier alpha value is -3.20. The van der Waals surface area contributed by atoms with Crippen LogP contribution in [-0.4, -0.2) is 29.1 Å². The maximum Gasteiger partial charge on any atom is 0.214 e. The number of para-hydroxylation sites is 2. The van der Waals surface area contributed by atoms with E-state index in [0.717, 1.165) is 16.7 Å². The number of aromatic nitrogens is 3. The Balaban J connectivity index is 1.59. The normalized spacial score (nSPS) is 10.7. The van der Waals surface area contributed by atoms with Gasteiger partial charge in [0, 0.05) is 5.56 Å². The first-order chi connectivity index (χ1) is 16.5. The number of nitrogens with one attached hydrogen (secondary N) is 2. The van der Waals surface area contributed by atoms with Gasteiger partial charge in [-0.05, 0) is 48.1 Å². The van der Waals surface area contributed by atoms with Crippen LogP contribution in [0.2, 0.25) is 10.0 Å². The minimum absolute atomic E-state index is 0.294. The van der Waals surface area contributed by atoms with Gasteiger partial charge in [-0.25, -0.2) is 9.77 Å². The van der Waals surface area contributed by atoms with Crippen molar-refractivity contribution in [2.24, 2.45) is 0 Å². The van der Waals surface area contributed by atoms with Crippen LogP contribution < -0.4 is 19.6 Å². The van der Waals surface area contributed by atoms with Crippen LogP contribution in [0.15, 0.2) is 60.7 Å². The molecule has 0 aliphatic carbocycles. The summed E-state index contributed by atoms with van der Waals surface area (Å²) < 4.78 is 19.3. The number of H-pyrrole nitrogens is 1. The summed E-state index contributed by atoms with van der Waals surface area (Å²) in [5, 5.41) is 8.18. The van der Waals surface area contributed by atoms with E-state index < -0.39 is 0 Å². The Morgan fingerprint density at radius 2 is 1.74 bits per heavy atom. The molecule has 0 amide bonds. The highest BCUT2D eigenvalue weighted by molar-refractivity contribution is 7.71. The highest BCUT2D eigenvalue weighted by atomic mass is 35.5. The molecule has 0 atom stereocenters. The predicted octanol–water partition coefficient (Wildman–Crippen LogP) is 6.25. The van der Waals surface area contributed by atoms with Crippen LogP contribution in [0.3, 0.4) is 0 Å². The number of ether oxygens (including phenoxy) is 3. The minimum Gasteiger partial charge on any atom is -0.496 e. The fourth-order valence-corrected chi connectivity index (χ4v) is 3.95. The first-order valence-corrected chi connectivity index (χ1v) is 11.5. The van der Waals surface area contributed by atoms with E-state index >= 15 is 0 Å². The zero-order valence-corrected chi connectivity index (χ0v) is 20.8. The summed E-state index contributed by atoms with van der Waals surface area (Å²) in [4.78, 5) is 0. The van der Waals surface area contributed by atoms with Gasteiger partial charge >= 0.3 is 0 Å². The lowest BCUT2D eigenvalue weighted by Gasteiger charge is -2.17. The van der Waals surface area contributed by atoms with Gasteiger partial charge in [0.15, 0.2) is 17.3 Å². The summed E-state index contributed by atoms with van der Waals surface area (Å²) in [5.74, 6) is 2.51. The molecule has 176 valence electrons. The van der Waals surface area contributed by atoms with Gasteiger partial charge in [-0.3, -0.25) is 0 Å². The number of hydrogen-bond donors (Lipinski definition) is 2. The summed E-state index contributed by atoms with van der Waals surface area (Å²) in [6.07, 6.45) is 0. The van der Waals surface area contributed by atoms with Crippen molar-refractivity contribution in [3.8, 4) is 28.6 Å². The molecule has 0 bridgehead atoms. The van der Waals surface area contributed by atoms with Gasteiger partial charge in [0.25, 0.3) is 0 Å². The molecule has 0 aliphatic rings. The van der Waals surface area contributed by atoms with E-state index in [0.29, 0.717) is 51.0 Å². The summed E-state index contributed by atoms with van der Waals surface area (Å²) in [5.41, 5.74) is 5.87. The molecule has 7 nitrogen and oxygen atoms in total. The summed E-state index contributed by atoms with van der Waals surface area (Å²) in [6, 6.07) is 18.7. The van der Waals surface area contributed by atoms with Crippen molar-refractivity contribution in [3.05, 3.63) is 86.6 Å². The Morgan fingerprint density at radius 3 is 2.50 bits per heavy atom. The molecule has 34 heavy (non-hydrogen) atoms. The molecular formula is C24H22Cl2N4O3S. The van der Waals surface area contributed by atoms with Gasteiger partial charge in [-0.2, -0.15) is 5.10 Å². The lowest BCUT2D eigenvalue weighted by atomic mass is 10.1. The third-order valence-corrected chi connectivity index (χ3v) is 6.11. The summed E-state index contributed by atoms with van der Waals surface area (Å²) in [7, 11) is 3.22. The van der Waals surface area contributed by atoms with Crippen LogP contribution in [0, 0.1) is 4.77 Å². The van der Waals surface area contributed by atoms with Crippen molar-refractivity contribution in [1.29, 1.82) is 0 Å². The molecular weight excluding hydrogens is 495 g/mol.